The van der Waals surface area contributed by atoms with Gasteiger partial charge in [-0.3, -0.25) is 4.98 Å². The Hall–Kier alpha value is -2.76. The van der Waals surface area contributed by atoms with Gasteiger partial charge in [0.2, 0.25) is 5.82 Å². The van der Waals surface area contributed by atoms with Gasteiger partial charge >= 0.3 is 0 Å². The van der Waals surface area contributed by atoms with Gasteiger partial charge in [0, 0.05) is 36.8 Å². The van der Waals surface area contributed by atoms with Crippen molar-refractivity contribution in [3.63, 3.8) is 0 Å². The second-order valence-electron chi connectivity index (χ2n) is 3.84. The van der Waals surface area contributed by atoms with Crippen LogP contribution in [0.3, 0.4) is 0 Å². The summed E-state index contributed by atoms with van der Waals surface area (Å²) in [5.74, 6) is 1.76. The van der Waals surface area contributed by atoms with E-state index in [4.69, 9.17) is 4.52 Å². The van der Waals surface area contributed by atoms with Gasteiger partial charge in [0.15, 0.2) is 0 Å². The Kier molecular flexibility index (Phi) is 2.89. The van der Waals surface area contributed by atoms with Crippen LogP contribution in [-0.2, 0) is 0 Å². The molecule has 0 aliphatic heterocycles. The first-order chi connectivity index (χ1) is 9.36. The average molecular weight is 253 g/mol. The van der Waals surface area contributed by atoms with E-state index < -0.39 is 0 Å². The zero-order valence-corrected chi connectivity index (χ0v) is 10.2. The van der Waals surface area contributed by atoms with Crippen molar-refractivity contribution < 1.29 is 4.52 Å². The summed E-state index contributed by atoms with van der Waals surface area (Å²) in [4.78, 5) is 12.5. The monoisotopic (exact) mass is 253 g/mol. The molecule has 0 amide bonds. The molecule has 0 aromatic carbocycles. The number of anilines is 1. The first-order valence-electron chi connectivity index (χ1n) is 5.75. The highest BCUT2D eigenvalue weighted by Crippen LogP contribution is 2.22. The van der Waals surface area contributed by atoms with Gasteiger partial charge < -0.3 is 9.84 Å². The lowest BCUT2D eigenvalue weighted by Gasteiger charge is -1.99. The minimum atomic E-state index is 0.464. The van der Waals surface area contributed by atoms with Gasteiger partial charge in [-0.05, 0) is 24.3 Å². The molecular weight excluding hydrogens is 242 g/mol. The van der Waals surface area contributed by atoms with E-state index in [1.165, 1.54) is 0 Å². The number of hydrogen-bond acceptors (Lipinski definition) is 6. The van der Waals surface area contributed by atoms with Crippen molar-refractivity contribution in [3.8, 4) is 22.8 Å². The molecule has 3 aromatic rings. The van der Waals surface area contributed by atoms with Crippen molar-refractivity contribution in [2.45, 2.75) is 0 Å². The van der Waals surface area contributed by atoms with Gasteiger partial charge in [0.05, 0.1) is 0 Å². The minimum Gasteiger partial charge on any atom is -0.373 e. The summed E-state index contributed by atoms with van der Waals surface area (Å²) >= 11 is 0. The molecule has 0 aliphatic carbocycles. The van der Waals surface area contributed by atoms with Crippen molar-refractivity contribution in [1.29, 1.82) is 0 Å². The highest BCUT2D eigenvalue weighted by molar-refractivity contribution is 5.61. The minimum absolute atomic E-state index is 0.464. The predicted molar refractivity (Wildman–Crippen MR) is 70.3 cm³/mol. The lowest BCUT2D eigenvalue weighted by Crippen LogP contribution is -1.91. The highest BCUT2D eigenvalue weighted by atomic mass is 16.5. The third-order valence-electron chi connectivity index (χ3n) is 2.63. The number of nitrogens with one attached hydrogen (secondary N) is 1. The van der Waals surface area contributed by atoms with Crippen LogP contribution in [-0.4, -0.2) is 27.2 Å². The van der Waals surface area contributed by atoms with Gasteiger partial charge in [-0.25, -0.2) is 4.98 Å². The van der Waals surface area contributed by atoms with Gasteiger partial charge in [0.1, 0.15) is 5.82 Å². The van der Waals surface area contributed by atoms with Crippen molar-refractivity contribution in [3.05, 3.63) is 42.9 Å². The molecule has 6 nitrogen and oxygen atoms in total. The molecule has 19 heavy (non-hydrogen) atoms. The molecule has 0 radical (unpaired) electrons. The van der Waals surface area contributed by atoms with Crippen molar-refractivity contribution in [2.75, 3.05) is 12.4 Å². The third kappa shape index (κ3) is 2.28. The van der Waals surface area contributed by atoms with Crippen molar-refractivity contribution in [2.24, 2.45) is 0 Å². The van der Waals surface area contributed by atoms with Gasteiger partial charge in [0.25, 0.3) is 5.89 Å². The molecule has 0 saturated carbocycles. The fourth-order valence-electron chi connectivity index (χ4n) is 1.66. The SMILES string of the molecule is CNc1cc(-c2nc(-c3ccncc3)no2)ccn1. The predicted octanol–water partition coefficient (Wildman–Crippen LogP) is 2.24. The molecule has 0 saturated heterocycles. The van der Waals surface area contributed by atoms with Crippen molar-refractivity contribution in [1.82, 2.24) is 20.1 Å². The Morgan fingerprint density at radius 3 is 2.63 bits per heavy atom. The molecule has 3 aromatic heterocycles. The van der Waals surface area contributed by atoms with Crippen LogP contribution in [0.1, 0.15) is 0 Å². The first kappa shape index (κ1) is 11.3. The lowest BCUT2D eigenvalue weighted by molar-refractivity contribution is 0.432. The first-order valence-corrected chi connectivity index (χ1v) is 5.75. The highest BCUT2D eigenvalue weighted by Gasteiger charge is 2.10. The smallest absolute Gasteiger partial charge is 0.258 e. The largest absolute Gasteiger partial charge is 0.373 e. The van der Waals surface area contributed by atoms with Crippen LogP contribution < -0.4 is 5.32 Å². The molecule has 0 unspecified atom stereocenters. The quantitative estimate of drug-likeness (QED) is 0.771. The van der Waals surface area contributed by atoms with Crippen LogP contribution in [0.4, 0.5) is 5.82 Å². The van der Waals surface area contributed by atoms with E-state index in [1.54, 1.807) is 18.6 Å². The van der Waals surface area contributed by atoms with Gasteiger partial charge in [-0.15, -0.1) is 0 Å². The van der Waals surface area contributed by atoms with Gasteiger partial charge in [-0.2, -0.15) is 4.98 Å². The van der Waals surface area contributed by atoms with Crippen LogP contribution in [0.25, 0.3) is 22.8 Å². The zero-order chi connectivity index (χ0) is 13.1. The summed E-state index contributed by atoms with van der Waals surface area (Å²) in [5.41, 5.74) is 1.69. The molecule has 0 bridgehead atoms. The number of aromatic nitrogens is 4. The second kappa shape index (κ2) is 4.85. The summed E-state index contributed by atoms with van der Waals surface area (Å²) < 4.78 is 5.27. The maximum atomic E-state index is 5.27. The van der Waals surface area contributed by atoms with Crippen LogP contribution in [0.15, 0.2) is 47.4 Å². The van der Waals surface area contributed by atoms with Crippen LogP contribution in [0, 0.1) is 0 Å². The Balaban J connectivity index is 1.97. The van der Waals surface area contributed by atoms with Crippen LogP contribution in [0.2, 0.25) is 0 Å². The number of pyridine rings is 2. The Labute approximate surface area is 109 Å². The molecular formula is C13H11N5O. The fraction of sp³-hybridized carbons (Fsp3) is 0.0769. The Morgan fingerprint density at radius 1 is 1.05 bits per heavy atom. The topological polar surface area (TPSA) is 76.7 Å². The summed E-state index contributed by atoms with van der Waals surface area (Å²) in [6.45, 7) is 0. The molecule has 0 fully saturated rings. The van der Waals surface area contributed by atoms with Crippen molar-refractivity contribution >= 4 is 5.82 Å². The maximum Gasteiger partial charge on any atom is 0.258 e. The fourth-order valence-corrected chi connectivity index (χ4v) is 1.66. The zero-order valence-electron chi connectivity index (χ0n) is 10.2. The van der Waals surface area contributed by atoms with Crippen LogP contribution in [0.5, 0.6) is 0 Å². The Bertz CT molecular complexity index is 680. The van der Waals surface area contributed by atoms with E-state index in [-0.39, 0.29) is 0 Å². The molecule has 6 heteroatoms. The maximum absolute atomic E-state index is 5.27. The summed E-state index contributed by atoms with van der Waals surface area (Å²) in [5, 5.41) is 6.93. The van der Waals surface area contributed by atoms with Crippen LogP contribution >= 0.6 is 0 Å². The third-order valence-corrected chi connectivity index (χ3v) is 2.63. The van der Waals surface area contributed by atoms with E-state index in [9.17, 15) is 0 Å². The molecule has 3 rings (SSSR count). The molecule has 0 spiro atoms. The van der Waals surface area contributed by atoms with E-state index in [2.05, 4.69) is 25.4 Å². The van der Waals surface area contributed by atoms with E-state index in [1.807, 2.05) is 31.3 Å². The molecule has 3 heterocycles. The molecule has 0 atom stereocenters. The summed E-state index contributed by atoms with van der Waals surface area (Å²) in [6.07, 6.45) is 5.07. The number of rotatable bonds is 3. The van der Waals surface area contributed by atoms with E-state index in [0.717, 1.165) is 16.9 Å². The lowest BCUT2D eigenvalue weighted by atomic mass is 10.2. The second-order valence-corrected chi connectivity index (χ2v) is 3.84. The normalized spacial score (nSPS) is 10.4. The Morgan fingerprint density at radius 2 is 1.84 bits per heavy atom. The van der Waals surface area contributed by atoms with E-state index in [0.29, 0.717) is 11.7 Å². The average Bonchev–Trinajstić information content (AvgIpc) is 2.98. The number of hydrogen-bond donors (Lipinski definition) is 1. The molecule has 0 aliphatic rings. The summed E-state index contributed by atoms with van der Waals surface area (Å²) in [7, 11) is 1.81. The molecule has 94 valence electrons. The van der Waals surface area contributed by atoms with E-state index >= 15 is 0 Å². The summed E-state index contributed by atoms with van der Waals surface area (Å²) in [6, 6.07) is 7.34. The molecule has 1 N–H and O–H groups in total. The standard InChI is InChI=1S/C13H11N5O/c1-14-11-8-10(4-7-16-11)13-17-12(18-19-13)9-2-5-15-6-3-9/h2-8H,1H3,(H,14,16). The number of nitrogens with zero attached hydrogens (tertiary/aromatic N) is 4. The van der Waals surface area contributed by atoms with Gasteiger partial charge in [-0.1, -0.05) is 5.16 Å².